The molecule has 0 aromatic heterocycles. The van der Waals surface area contributed by atoms with Crippen LogP contribution in [0.15, 0.2) is 101 Å². The topological polar surface area (TPSA) is 79.5 Å². The second kappa shape index (κ2) is 12.1. The molecule has 0 amide bonds. The van der Waals surface area contributed by atoms with Crippen LogP contribution in [0.5, 0.6) is 0 Å². The van der Waals surface area contributed by atoms with E-state index in [1.165, 1.54) is 11.6 Å². The SMILES string of the molecule is C=C(/C=C\C(N)=C/C)NC/C(=C/C=O)NC(C)=NC(=C)C1=CC=CC(C)=CC1. The molecule has 0 heterocycles. The van der Waals surface area contributed by atoms with Gasteiger partial charge >= 0.3 is 0 Å². The lowest BCUT2D eigenvalue weighted by Crippen LogP contribution is -2.28. The van der Waals surface area contributed by atoms with Crippen LogP contribution < -0.4 is 16.4 Å². The summed E-state index contributed by atoms with van der Waals surface area (Å²) in [5.41, 5.74) is 10.7. The third-order valence-electron chi connectivity index (χ3n) is 3.90. The molecule has 0 aromatic carbocycles. The number of nitrogens with two attached hydrogens (primary N) is 1. The number of amidine groups is 1. The summed E-state index contributed by atoms with van der Waals surface area (Å²) in [5, 5.41) is 6.26. The largest absolute Gasteiger partial charge is 0.399 e. The van der Waals surface area contributed by atoms with Crippen LogP contribution in [0.4, 0.5) is 0 Å². The Bertz CT molecular complexity index is 815. The van der Waals surface area contributed by atoms with E-state index in [0.717, 1.165) is 18.3 Å². The van der Waals surface area contributed by atoms with Crippen molar-refractivity contribution in [2.75, 3.05) is 6.54 Å². The third kappa shape index (κ3) is 8.85. The second-order valence-corrected chi connectivity index (χ2v) is 6.30. The molecule has 5 heteroatoms. The quantitative estimate of drug-likeness (QED) is 0.187. The fourth-order valence-corrected chi connectivity index (χ4v) is 2.26. The number of carbonyl (C=O) groups is 1. The van der Waals surface area contributed by atoms with Gasteiger partial charge in [0.2, 0.25) is 0 Å². The molecule has 1 aliphatic carbocycles. The van der Waals surface area contributed by atoms with E-state index < -0.39 is 0 Å². The monoisotopic (exact) mass is 378 g/mol. The molecule has 0 bridgehead atoms. The zero-order chi connectivity index (χ0) is 20.9. The van der Waals surface area contributed by atoms with Crippen molar-refractivity contribution in [1.82, 2.24) is 10.6 Å². The summed E-state index contributed by atoms with van der Waals surface area (Å²) >= 11 is 0. The van der Waals surface area contributed by atoms with Crippen molar-refractivity contribution in [1.29, 1.82) is 0 Å². The molecule has 0 radical (unpaired) electrons. The molecule has 1 aliphatic rings. The minimum Gasteiger partial charge on any atom is -0.399 e. The van der Waals surface area contributed by atoms with Gasteiger partial charge in [-0.2, -0.15) is 0 Å². The molecule has 0 saturated carbocycles. The fraction of sp³-hybridized carbons (Fsp3) is 0.217. The number of carbonyl (C=O) groups excluding carboxylic acids is 1. The first-order valence-corrected chi connectivity index (χ1v) is 9.08. The van der Waals surface area contributed by atoms with Crippen molar-refractivity contribution in [3.05, 3.63) is 95.7 Å². The summed E-state index contributed by atoms with van der Waals surface area (Å²) in [6.45, 7) is 14.1. The number of hydrogen-bond acceptors (Lipinski definition) is 4. The normalized spacial score (nSPS) is 15.6. The van der Waals surface area contributed by atoms with Crippen molar-refractivity contribution < 1.29 is 4.79 Å². The summed E-state index contributed by atoms with van der Waals surface area (Å²) in [6.07, 6.45) is 16.5. The van der Waals surface area contributed by atoms with Gasteiger partial charge in [0.25, 0.3) is 0 Å². The van der Waals surface area contributed by atoms with Crippen LogP contribution >= 0.6 is 0 Å². The Morgan fingerprint density at radius 1 is 1.36 bits per heavy atom. The summed E-state index contributed by atoms with van der Waals surface area (Å²) in [4.78, 5) is 15.5. The average Bonchev–Trinajstić information content (AvgIpc) is 2.88. The van der Waals surface area contributed by atoms with Crippen molar-refractivity contribution >= 4 is 12.1 Å². The Morgan fingerprint density at radius 2 is 2.11 bits per heavy atom. The molecular formula is C23H30N4O. The van der Waals surface area contributed by atoms with E-state index in [-0.39, 0.29) is 0 Å². The Balaban J connectivity index is 2.70. The maximum absolute atomic E-state index is 10.9. The molecule has 0 aromatic rings. The fourth-order valence-electron chi connectivity index (χ4n) is 2.26. The molecule has 0 atom stereocenters. The van der Waals surface area contributed by atoms with Crippen molar-refractivity contribution in [3.63, 3.8) is 0 Å². The summed E-state index contributed by atoms with van der Waals surface area (Å²) in [7, 11) is 0. The Hall–Kier alpha value is -3.34. The molecule has 28 heavy (non-hydrogen) atoms. The molecule has 0 saturated heterocycles. The first-order valence-electron chi connectivity index (χ1n) is 9.08. The summed E-state index contributed by atoms with van der Waals surface area (Å²) < 4.78 is 0. The lowest BCUT2D eigenvalue weighted by atomic mass is 10.1. The van der Waals surface area contributed by atoms with E-state index in [2.05, 4.69) is 47.9 Å². The lowest BCUT2D eigenvalue weighted by Gasteiger charge is -2.13. The summed E-state index contributed by atoms with van der Waals surface area (Å²) in [5.74, 6) is 0.647. The highest BCUT2D eigenvalue weighted by atomic mass is 16.1. The predicted molar refractivity (Wildman–Crippen MR) is 119 cm³/mol. The molecule has 4 N–H and O–H groups in total. The van der Waals surface area contributed by atoms with E-state index in [1.54, 1.807) is 18.2 Å². The minimum atomic E-state index is 0.393. The van der Waals surface area contributed by atoms with Gasteiger partial charge in [-0.15, -0.1) is 0 Å². The van der Waals surface area contributed by atoms with Crippen molar-refractivity contribution in [2.24, 2.45) is 10.7 Å². The van der Waals surface area contributed by atoms with Gasteiger partial charge in [0.05, 0.1) is 12.2 Å². The maximum Gasteiger partial charge on any atom is 0.144 e. The number of aliphatic imine (C=N–C) groups is 1. The Labute approximate surface area is 168 Å². The maximum atomic E-state index is 10.9. The van der Waals surface area contributed by atoms with Gasteiger partial charge in [-0.3, -0.25) is 4.79 Å². The van der Waals surface area contributed by atoms with Gasteiger partial charge in [0.1, 0.15) is 12.1 Å². The molecule has 0 aliphatic heterocycles. The highest BCUT2D eigenvalue weighted by Gasteiger charge is 2.04. The van der Waals surface area contributed by atoms with Gasteiger partial charge in [-0.1, -0.05) is 49.1 Å². The van der Waals surface area contributed by atoms with Gasteiger partial charge in [0.15, 0.2) is 0 Å². The van der Waals surface area contributed by atoms with Gasteiger partial charge < -0.3 is 16.4 Å². The molecule has 0 fully saturated rings. The number of allylic oxidation sites excluding steroid dienone is 10. The molecule has 0 spiro atoms. The van der Waals surface area contributed by atoms with Crippen LogP contribution in [0.1, 0.15) is 27.2 Å². The Morgan fingerprint density at radius 3 is 2.79 bits per heavy atom. The van der Waals surface area contributed by atoms with E-state index in [1.807, 2.05) is 26.0 Å². The van der Waals surface area contributed by atoms with Crippen molar-refractivity contribution in [2.45, 2.75) is 27.2 Å². The zero-order valence-corrected chi connectivity index (χ0v) is 17.0. The number of nitrogens with one attached hydrogen (secondary N) is 2. The van der Waals surface area contributed by atoms with Crippen LogP contribution in [0.25, 0.3) is 0 Å². The predicted octanol–water partition coefficient (Wildman–Crippen LogP) is 3.95. The smallest absolute Gasteiger partial charge is 0.144 e. The Kier molecular flexibility index (Phi) is 9.83. The van der Waals surface area contributed by atoms with E-state index in [0.29, 0.717) is 35.2 Å². The van der Waals surface area contributed by atoms with E-state index >= 15 is 0 Å². The minimum absolute atomic E-state index is 0.393. The van der Waals surface area contributed by atoms with E-state index in [4.69, 9.17) is 5.73 Å². The lowest BCUT2D eigenvalue weighted by molar-refractivity contribution is -0.104. The van der Waals surface area contributed by atoms with Crippen LogP contribution in [-0.4, -0.2) is 18.7 Å². The van der Waals surface area contributed by atoms with Crippen LogP contribution in [-0.2, 0) is 4.79 Å². The van der Waals surface area contributed by atoms with Crippen LogP contribution in [0.3, 0.4) is 0 Å². The molecular weight excluding hydrogens is 348 g/mol. The van der Waals surface area contributed by atoms with Gasteiger partial charge in [0, 0.05) is 17.1 Å². The highest BCUT2D eigenvalue weighted by molar-refractivity contribution is 5.83. The standard InChI is InChI=1S/C23H30N4O/c1-6-22(24)13-11-18(3)25-16-23(14-15-28)27-20(5)26-19(4)21-9-7-8-17(2)10-12-21/h6-11,13-15,25H,3-4,12,16,24H2,1-2,5H3,(H,26,27)/b13-11-,22-6+,23-14-. The first kappa shape index (κ1) is 22.7. The second-order valence-electron chi connectivity index (χ2n) is 6.30. The third-order valence-corrected chi connectivity index (χ3v) is 3.90. The highest BCUT2D eigenvalue weighted by Crippen LogP contribution is 2.19. The van der Waals surface area contributed by atoms with Gasteiger partial charge in [-0.05, 0) is 51.0 Å². The van der Waals surface area contributed by atoms with Crippen LogP contribution in [0, 0.1) is 0 Å². The van der Waals surface area contributed by atoms with Crippen molar-refractivity contribution in [3.8, 4) is 0 Å². The van der Waals surface area contributed by atoms with Crippen LogP contribution in [0.2, 0.25) is 0 Å². The average molecular weight is 379 g/mol. The zero-order valence-electron chi connectivity index (χ0n) is 17.0. The van der Waals surface area contributed by atoms with Gasteiger partial charge in [-0.25, -0.2) is 4.99 Å². The number of rotatable bonds is 9. The summed E-state index contributed by atoms with van der Waals surface area (Å²) in [6, 6.07) is 0. The molecule has 1 rings (SSSR count). The molecule has 0 unspecified atom stereocenters. The first-order chi connectivity index (χ1) is 13.3. The number of aldehydes is 1. The molecule has 5 nitrogen and oxygen atoms in total. The van der Waals surface area contributed by atoms with E-state index in [9.17, 15) is 4.79 Å². The number of hydrogen-bond donors (Lipinski definition) is 3. The number of nitrogens with zero attached hydrogens (tertiary/aromatic N) is 1. The molecule has 148 valence electrons.